The first kappa shape index (κ1) is 15.9. The van der Waals surface area contributed by atoms with Crippen LogP contribution in [0, 0.1) is 0 Å². The van der Waals surface area contributed by atoms with Crippen LogP contribution in [-0.2, 0) is 13.5 Å². The summed E-state index contributed by atoms with van der Waals surface area (Å²) in [5.41, 5.74) is 0.908. The van der Waals surface area contributed by atoms with Crippen LogP contribution in [0.5, 0.6) is 11.5 Å². The average Bonchev–Trinajstić information content (AvgIpc) is 2.20. The van der Waals surface area contributed by atoms with E-state index >= 15 is 0 Å². The van der Waals surface area contributed by atoms with Crippen LogP contribution in [0.1, 0.15) is 33.3 Å². The maximum atomic E-state index is 5.94. The fourth-order valence-electron chi connectivity index (χ4n) is 1.40. The summed E-state index contributed by atoms with van der Waals surface area (Å²) >= 11 is -1.88. The zero-order valence-corrected chi connectivity index (χ0v) is 14.1. The van der Waals surface area contributed by atoms with Crippen LogP contribution in [0.25, 0.3) is 0 Å². The molecule has 1 rings (SSSR count). The van der Waals surface area contributed by atoms with E-state index in [9.17, 15) is 0 Å². The van der Waals surface area contributed by atoms with Gasteiger partial charge in [-0.2, -0.15) is 0 Å². The van der Waals surface area contributed by atoms with Crippen molar-refractivity contribution in [1.82, 2.24) is 0 Å². The minimum atomic E-state index is -1.88. The summed E-state index contributed by atoms with van der Waals surface area (Å²) < 4.78 is 13.5. The number of para-hydroxylation sites is 1. The molecule has 0 fully saturated rings. The van der Waals surface area contributed by atoms with Crippen molar-refractivity contribution in [2.45, 2.75) is 39.9 Å². The Morgan fingerprint density at radius 2 is 1.67 bits per heavy atom. The molecule has 2 nitrogen and oxygen atoms in total. The Morgan fingerprint density at radius 3 is 2.17 bits per heavy atom. The van der Waals surface area contributed by atoms with E-state index < -0.39 is 13.5 Å². The molecule has 18 heavy (non-hydrogen) atoms. The van der Waals surface area contributed by atoms with Crippen molar-refractivity contribution in [1.29, 1.82) is 0 Å². The molecule has 0 saturated heterocycles. The molecule has 0 atom stereocenters. The van der Waals surface area contributed by atoms with E-state index in [0.717, 1.165) is 17.1 Å². The first-order valence-corrected chi connectivity index (χ1v) is 11.2. The molecule has 0 aromatic heterocycles. The van der Waals surface area contributed by atoms with E-state index in [1.165, 1.54) is 0 Å². The van der Waals surface area contributed by atoms with E-state index in [-0.39, 0.29) is 12.2 Å². The maximum absolute atomic E-state index is 5.94. The third-order valence-electron chi connectivity index (χ3n) is 1.91. The predicted molar refractivity (Wildman–Crippen MR) is 74.8 cm³/mol. The van der Waals surface area contributed by atoms with E-state index in [2.05, 4.69) is 0 Å². The zero-order valence-electron chi connectivity index (χ0n) is 10.9. The van der Waals surface area contributed by atoms with Gasteiger partial charge in [-0.1, -0.05) is 0 Å². The van der Waals surface area contributed by atoms with Gasteiger partial charge in [-0.3, -0.25) is 0 Å². The summed E-state index contributed by atoms with van der Waals surface area (Å²) in [5.74, 6) is 1.46. The Morgan fingerprint density at radius 1 is 1.06 bits per heavy atom. The van der Waals surface area contributed by atoms with Crippen LogP contribution in [0.3, 0.4) is 0 Å². The first-order valence-electron chi connectivity index (χ1n) is 5.69. The number of rotatable bonds is 5. The second-order valence-corrected chi connectivity index (χ2v) is 10.0. The van der Waals surface area contributed by atoms with Gasteiger partial charge in [-0.25, -0.2) is 0 Å². The number of ether oxygens (including phenoxy) is 2. The van der Waals surface area contributed by atoms with Gasteiger partial charge in [0.05, 0.1) is 0 Å². The van der Waals surface area contributed by atoms with Crippen molar-refractivity contribution >= 4 is 24.0 Å². The van der Waals surface area contributed by atoms with Gasteiger partial charge < -0.3 is 0 Å². The van der Waals surface area contributed by atoms with Gasteiger partial charge in [0, 0.05) is 0 Å². The number of hydrogen-bond donors (Lipinski definition) is 0. The average molecular weight is 378 g/mol. The molecular formula is C13H18Cl2O2Ru. The Hall–Kier alpha value is -0.107. The van der Waals surface area contributed by atoms with Crippen molar-refractivity contribution in [3.63, 3.8) is 0 Å². The molecule has 0 unspecified atom stereocenters. The van der Waals surface area contributed by atoms with Crippen molar-refractivity contribution in [2.24, 2.45) is 0 Å². The van der Waals surface area contributed by atoms with Gasteiger partial charge in [-0.15, -0.1) is 0 Å². The molecule has 0 aliphatic carbocycles. The molecule has 0 bridgehead atoms. The molecule has 1 aromatic rings. The zero-order chi connectivity index (χ0) is 13.7. The third-order valence-corrected chi connectivity index (χ3v) is 3.75. The fraction of sp³-hybridized carbons (Fsp3) is 0.462. The van der Waals surface area contributed by atoms with Gasteiger partial charge in [0.1, 0.15) is 0 Å². The SMILES string of the molecule is CC(C)Oc1cccc([CH]=[Ru]([Cl])[Cl])c1OC(C)C. The van der Waals surface area contributed by atoms with E-state index in [0.29, 0.717) is 0 Å². The van der Waals surface area contributed by atoms with Gasteiger partial charge in [-0.05, 0) is 0 Å². The summed E-state index contributed by atoms with van der Waals surface area (Å²) in [4.78, 5) is 0. The van der Waals surface area contributed by atoms with Crippen molar-refractivity contribution in [2.75, 3.05) is 0 Å². The normalized spacial score (nSPS) is 11.7. The van der Waals surface area contributed by atoms with Gasteiger partial charge in [0.15, 0.2) is 0 Å². The van der Waals surface area contributed by atoms with E-state index in [1.54, 1.807) is 0 Å². The van der Waals surface area contributed by atoms with Crippen LogP contribution in [-0.4, -0.2) is 16.8 Å². The standard InChI is InChI=1S/C13H18O2.2ClH.Ru/c1-9(2)14-12-8-6-7-11(5)13(12)15-10(3)4;;;/h5-10H,1-4H3;2*1H;/q;;;+2/p-2. The molecule has 1 aromatic carbocycles. The summed E-state index contributed by atoms with van der Waals surface area (Å²) in [7, 11) is 11.9. The molecule has 0 N–H and O–H groups in total. The quantitative estimate of drug-likeness (QED) is 0.710. The summed E-state index contributed by atoms with van der Waals surface area (Å²) in [6.45, 7) is 7.92. The molecule has 0 aliphatic rings. The fourth-order valence-corrected chi connectivity index (χ4v) is 3.19. The van der Waals surface area contributed by atoms with Gasteiger partial charge >= 0.3 is 122 Å². The van der Waals surface area contributed by atoms with E-state index in [1.807, 2.05) is 50.5 Å². The van der Waals surface area contributed by atoms with Gasteiger partial charge in [0.2, 0.25) is 0 Å². The number of hydrogen-bond acceptors (Lipinski definition) is 2. The second kappa shape index (κ2) is 7.47. The van der Waals surface area contributed by atoms with Crippen molar-refractivity contribution in [3.05, 3.63) is 23.8 Å². The molecular weight excluding hydrogens is 360 g/mol. The summed E-state index contributed by atoms with van der Waals surface area (Å²) in [5, 5.41) is 0. The third kappa shape index (κ3) is 5.26. The van der Waals surface area contributed by atoms with Crippen LogP contribution < -0.4 is 9.47 Å². The molecule has 0 saturated carbocycles. The van der Waals surface area contributed by atoms with Gasteiger partial charge in [0.25, 0.3) is 0 Å². The molecule has 0 amide bonds. The Bertz CT molecular complexity index is 427. The Balaban J connectivity index is 3.20. The Labute approximate surface area is 122 Å². The van der Waals surface area contributed by atoms with Crippen molar-refractivity contribution < 1.29 is 23.0 Å². The molecule has 0 radical (unpaired) electrons. The summed E-state index contributed by atoms with van der Waals surface area (Å²) in [6, 6.07) is 5.76. The van der Waals surface area contributed by atoms with Crippen molar-refractivity contribution in [3.8, 4) is 11.5 Å². The van der Waals surface area contributed by atoms with Crippen LogP contribution in [0.15, 0.2) is 18.2 Å². The first-order chi connectivity index (χ1) is 8.40. The van der Waals surface area contributed by atoms with Crippen LogP contribution in [0.4, 0.5) is 0 Å². The Kier molecular flexibility index (Phi) is 6.62. The van der Waals surface area contributed by atoms with Crippen LogP contribution >= 0.6 is 19.4 Å². The van der Waals surface area contributed by atoms with Crippen LogP contribution in [0.2, 0.25) is 0 Å². The molecule has 0 heterocycles. The number of benzene rings is 1. The molecule has 5 heteroatoms. The molecule has 0 spiro atoms. The monoisotopic (exact) mass is 378 g/mol. The molecule has 104 valence electrons. The molecule has 0 aliphatic heterocycles. The topological polar surface area (TPSA) is 18.5 Å². The second-order valence-electron chi connectivity index (χ2n) is 4.31. The predicted octanol–water partition coefficient (Wildman–Crippen LogP) is 4.34. The van der Waals surface area contributed by atoms with E-state index in [4.69, 9.17) is 28.9 Å². The minimum absolute atomic E-state index is 0.0698. The number of halogens is 2. The summed E-state index contributed by atoms with van der Waals surface area (Å²) in [6.07, 6.45) is 0.163.